The third kappa shape index (κ3) is 3.60. The number of amides is 1. The van der Waals surface area contributed by atoms with Gasteiger partial charge >= 0.3 is 12.1 Å². The van der Waals surface area contributed by atoms with Gasteiger partial charge in [-0.1, -0.05) is 6.42 Å². The lowest BCUT2D eigenvalue weighted by atomic mass is 9.80. The van der Waals surface area contributed by atoms with Gasteiger partial charge in [-0.15, -0.1) is 0 Å². The van der Waals surface area contributed by atoms with Gasteiger partial charge in [0.15, 0.2) is 5.60 Å². The SMILES string of the molecule is CC(C)(C)OC(=O)N[C@@H]1CCCC[C@]1(O)C(=O)O. The van der Waals surface area contributed by atoms with Crippen molar-refractivity contribution < 1.29 is 24.5 Å². The highest BCUT2D eigenvalue weighted by atomic mass is 16.6. The van der Waals surface area contributed by atoms with E-state index in [1.165, 1.54) is 0 Å². The third-order valence-corrected chi connectivity index (χ3v) is 2.94. The largest absolute Gasteiger partial charge is 0.479 e. The van der Waals surface area contributed by atoms with E-state index in [4.69, 9.17) is 9.84 Å². The smallest absolute Gasteiger partial charge is 0.407 e. The van der Waals surface area contributed by atoms with E-state index < -0.39 is 29.3 Å². The number of rotatable bonds is 2. The highest BCUT2D eigenvalue weighted by Crippen LogP contribution is 2.29. The van der Waals surface area contributed by atoms with Gasteiger partial charge in [-0.25, -0.2) is 9.59 Å². The van der Waals surface area contributed by atoms with Crippen LogP contribution in [0, 0.1) is 0 Å². The van der Waals surface area contributed by atoms with Crippen molar-refractivity contribution in [2.24, 2.45) is 0 Å². The first kappa shape index (κ1) is 14.8. The fourth-order valence-corrected chi connectivity index (χ4v) is 2.05. The van der Waals surface area contributed by atoms with E-state index in [1.54, 1.807) is 20.8 Å². The van der Waals surface area contributed by atoms with E-state index in [2.05, 4.69) is 5.32 Å². The Hall–Kier alpha value is -1.30. The van der Waals surface area contributed by atoms with Gasteiger partial charge in [-0.05, 0) is 40.0 Å². The molecule has 104 valence electrons. The van der Waals surface area contributed by atoms with Crippen LogP contribution in [0.3, 0.4) is 0 Å². The Morgan fingerprint density at radius 1 is 1.33 bits per heavy atom. The summed E-state index contributed by atoms with van der Waals surface area (Å²) in [5, 5.41) is 21.6. The van der Waals surface area contributed by atoms with E-state index in [-0.39, 0.29) is 6.42 Å². The molecule has 0 heterocycles. The fourth-order valence-electron chi connectivity index (χ4n) is 2.05. The van der Waals surface area contributed by atoms with Crippen LogP contribution in [0.5, 0.6) is 0 Å². The molecular weight excluding hydrogens is 238 g/mol. The molecule has 1 aliphatic carbocycles. The molecule has 18 heavy (non-hydrogen) atoms. The molecule has 0 radical (unpaired) electrons. The van der Waals surface area contributed by atoms with Crippen molar-refractivity contribution in [2.45, 2.75) is 63.7 Å². The summed E-state index contributed by atoms with van der Waals surface area (Å²) in [6, 6.07) is -0.807. The number of ether oxygens (including phenoxy) is 1. The highest BCUT2D eigenvalue weighted by Gasteiger charge is 2.46. The van der Waals surface area contributed by atoms with Gasteiger partial charge in [0.2, 0.25) is 0 Å². The van der Waals surface area contributed by atoms with Crippen LogP contribution in [0.1, 0.15) is 46.5 Å². The lowest BCUT2D eigenvalue weighted by molar-refractivity contribution is -0.165. The molecule has 0 aliphatic heterocycles. The first-order valence-electron chi connectivity index (χ1n) is 6.10. The van der Waals surface area contributed by atoms with Crippen LogP contribution in [-0.2, 0) is 9.53 Å². The molecule has 0 spiro atoms. The zero-order valence-electron chi connectivity index (χ0n) is 11.0. The summed E-state index contributed by atoms with van der Waals surface area (Å²) in [5.41, 5.74) is -2.55. The molecule has 0 saturated heterocycles. The van der Waals surface area contributed by atoms with Crippen molar-refractivity contribution in [1.29, 1.82) is 0 Å². The Kier molecular flexibility index (Phi) is 4.21. The maximum Gasteiger partial charge on any atom is 0.407 e. The summed E-state index contributed by atoms with van der Waals surface area (Å²) in [4.78, 5) is 22.7. The van der Waals surface area contributed by atoms with Crippen molar-refractivity contribution in [1.82, 2.24) is 5.32 Å². The van der Waals surface area contributed by atoms with Gasteiger partial charge in [0.1, 0.15) is 5.60 Å². The van der Waals surface area contributed by atoms with Crippen LogP contribution in [0.25, 0.3) is 0 Å². The molecule has 1 saturated carbocycles. The summed E-state index contributed by atoms with van der Waals surface area (Å²) >= 11 is 0. The number of carboxylic acids is 1. The number of nitrogens with one attached hydrogen (secondary N) is 1. The Morgan fingerprint density at radius 3 is 2.44 bits per heavy atom. The molecule has 0 aromatic rings. The fraction of sp³-hybridized carbons (Fsp3) is 0.833. The van der Waals surface area contributed by atoms with Gasteiger partial charge in [-0.2, -0.15) is 0 Å². The predicted molar refractivity (Wildman–Crippen MR) is 64.2 cm³/mol. The van der Waals surface area contributed by atoms with Crippen molar-refractivity contribution in [3.63, 3.8) is 0 Å². The van der Waals surface area contributed by atoms with Crippen LogP contribution in [0.2, 0.25) is 0 Å². The van der Waals surface area contributed by atoms with Gasteiger partial charge in [0.25, 0.3) is 0 Å². The lowest BCUT2D eigenvalue weighted by Crippen LogP contribution is -2.59. The molecule has 1 aliphatic rings. The molecule has 0 bridgehead atoms. The maximum absolute atomic E-state index is 11.6. The highest BCUT2D eigenvalue weighted by molar-refractivity contribution is 5.80. The number of carboxylic acid groups (broad SMARTS) is 1. The second kappa shape index (κ2) is 5.14. The molecule has 2 atom stereocenters. The molecule has 1 rings (SSSR count). The van der Waals surface area contributed by atoms with Crippen LogP contribution < -0.4 is 5.32 Å². The minimum atomic E-state index is -1.89. The summed E-state index contributed by atoms with van der Waals surface area (Å²) in [7, 11) is 0. The predicted octanol–water partition coefficient (Wildman–Crippen LogP) is 1.27. The van der Waals surface area contributed by atoms with Gasteiger partial charge in [0.05, 0.1) is 6.04 Å². The second-order valence-electron chi connectivity index (χ2n) is 5.67. The quantitative estimate of drug-likeness (QED) is 0.694. The monoisotopic (exact) mass is 259 g/mol. The van der Waals surface area contributed by atoms with Crippen molar-refractivity contribution in [3.8, 4) is 0 Å². The number of carbonyl (C=O) groups is 2. The topological polar surface area (TPSA) is 95.9 Å². The Morgan fingerprint density at radius 2 is 1.94 bits per heavy atom. The zero-order valence-corrected chi connectivity index (χ0v) is 11.0. The average Bonchev–Trinajstić information content (AvgIpc) is 2.18. The normalized spacial score (nSPS) is 28.6. The Balaban J connectivity index is 2.69. The number of hydrogen-bond acceptors (Lipinski definition) is 4. The Labute approximate surface area is 106 Å². The summed E-state index contributed by atoms with van der Waals surface area (Å²) < 4.78 is 5.06. The first-order valence-corrected chi connectivity index (χ1v) is 6.10. The maximum atomic E-state index is 11.6. The molecule has 0 unspecified atom stereocenters. The molecule has 6 nitrogen and oxygen atoms in total. The number of aliphatic hydroxyl groups is 1. The van der Waals surface area contributed by atoms with Gasteiger partial charge in [-0.3, -0.25) is 0 Å². The van der Waals surface area contributed by atoms with Crippen molar-refractivity contribution in [2.75, 3.05) is 0 Å². The average molecular weight is 259 g/mol. The van der Waals surface area contributed by atoms with Crippen LogP contribution in [0.15, 0.2) is 0 Å². The minimum Gasteiger partial charge on any atom is -0.479 e. The van der Waals surface area contributed by atoms with E-state index in [0.29, 0.717) is 12.8 Å². The lowest BCUT2D eigenvalue weighted by Gasteiger charge is -2.37. The number of aliphatic carboxylic acids is 1. The van der Waals surface area contributed by atoms with Crippen LogP contribution >= 0.6 is 0 Å². The number of hydrogen-bond donors (Lipinski definition) is 3. The van der Waals surface area contributed by atoms with Gasteiger partial charge in [0, 0.05) is 0 Å². The van der Waals surface area contributed by atoms with Gasteiger partial charge < -0.3 is 20.3 Å². The van der Waals surface area contributed by atoms with Crippen molar-refractivity contribution in [3.05, 3.63) is 0 Å². The van der Waals surface area contributed by atoms with Crippen molar-refractivity contribution >= 4 is 12.1 Å². The third-order valence-electron chi connectivity index (χ3n) is 2.94. The molecule has 1 amide bonds. The number of alkyl carbamates (subject to hydrolysis) is 1. The Bertz CT molecular complexity index is 336. The molecule has 6 heteroatoms. The van der Waals surface area contributed by atoms with Crippen LogP contribution in [-0.4, -0.2) is 39.5 Å². The summed E-state index contributed by atoms with van der Waals surface area (Å²) in [5.74, 6) is -1.30. The second-order valence-corrected chi connectivity index (χ2v) is 5.67. The van der Waals surface area contributed by atoms with Crippen LogP contribution in [0.4, 0.5) is 4.79 Å². The first-order chi connectivity index (χ1) is 8.15. The van der Waals surface area contributed by atoms with E-state index in [0.717, 1.165) is 6.42 Å². The molecule has 0 aromatic heterocycles. The standard InChI is InChI=1S/C12H21NO5/c1-11(2,3)18-10(16)13-8-6-4-5-7-12(8,17)9(14)15/h8,17H,4-7H2,1-3H3,(H,13,16)(H,14,15)/t8-,12-/m1/s1. The van der Waals surface area contributed by atoms with E-state index >= 15 is 0 Å². The zero-order chi connectivity index (χ0) is 14.0. The van der Waals surface area contributed by atoms with E-state index in [1.807, 2.05) is 0 Å². The number of carbonyl (C=O) groups excluding carboxylic acids is 1. The summed E-state index contributed by atoms with van der Waals surface area (Å²) in [6.45, 7) is 5.16. The molecule has 1 fully saturated rings. The summed E-state index contributed by atoms with van der Waals surface area (Å²) in [6.07, 6.45) is 1.28. The molecule has 3 N–H and O–H groups in total. The molecule has 0 aromatic carbocycles. The van der Waals surface area contributed by atoms with E-state index in [9.17, 15) is 14.7 Å². The minimum absolute atomic E-state index is 0.142. The molecular formula is C12H21NO5.